The monoisotopic (exact) mass is 203 g/mol. The van der Waals surface area contributed by atoms with Crippen LogP contribution in [0.4, 0.5) is 8.78 Å². The molecule has 0 fully saturated rings. The van der Waals surface area contributed by atoms with E-state index in [-0.39, 0.29) is 6.04 Å². The van der Waals surface area contributed by atoms with E-state index in [1.807, 2.05) is 37.3 Å². The van der Waals surface area contributed by atoms with Gasteiger partial charge in [0, 0.05) is 6.04 Å². The first-order chi connectivity index (χ1) is 6.20. The van der Waals surface area contributed by atoms with Gasteiger partial charge in [0.2, 0.25) is 0 Å². The van der Waals surface area contributed by atoms with Crippen LogP contribution in [0.5, 0.6) is 0 Å². The van der Waals surface area contributed by atoms with E-state index in [2.05, 4.69) is 4.72 Å². The fourth-order valence-electron chi connectivity index (χ4n) is 0.963. The SMILES string of the molecule is CC(NSC(F)F)c1ccccc1. The molecule has 1 N–H and O–H groups in total. The molecule has 0 heterocycles. The van der Waals surface area contributed by atoms with E-state index in [1.165, 1.54) is 0 Å². The predicted molar refractivity (Wildman–Crippen MR) is 51.6 cm³/mol. The molecule has 1 unspecified atom stereocenters. The van der Waals surface area contributed by atoms with Crippen molar-refractivity contribution >= 4 is 11.9 Å². The maximum absolute atomic E-state index is 11.8. The fraction of sp³-hybridized carbons (Fsp3) is 0.333. The average Bonchev–Trinajstić information content (AvgIpc) is 2.15. The van der Waals surface area contributed by atoms with Crippen LogP contribution in [0.15, 0.2) is 30.3 Å². The van der Waals surface area contributed by atoms with Crippen LogP contribution in [-0.4, -0.2) is 5.76 Å². The quantitative estimate of drug-likeness (QED) is 0.754. The Labute approximate surface area is 80.7 Å². The maximum atomic E-state index is 11.8. The molecule has 0 spiro atoms. The van der Waals surface area contributed by atoms with E-state index >= 15 is 0 Å². The molecule has 0 aliphatic carbocycles. The molecular weight excluding hydrogens is 192 g/mol. The molecular formula is C9H11F2NS. The fourth-order valence-corrected chi connectivity index (χ4v) is 1.41. The topological polar surface area (TPSA) is 12.0 Å². The van der Waals surface area contributed by atoms with Crippen LogP contribution in [0.2, 0.25) is 0 Å². The summed E-state index contributed by atoms with van der Waals surface area (Å²) >= 11 is 0.451. The number of hydrogen-bond acceptors (Lipinski definition) is 2. The Morgan fingerprint density at radius 3 is 2.38 bits per heavy atom. The van der Waals surface area contributed by atoms with Crippen molar-refractivity contribution in [2.24, 2.45) is 0 Å². The van der Waals surface area contributed by atoms with Crippen molar-refractivity contribution in [1.82, 2.24) is 4.72 Å². The summed E-state index contributed by atoms with van der Waals surface area (Å²) in [5.74, 6) is -2.37. The van der Waals surface area contributed by atoms with E-state index in [0.717, 1.165) is 5.56 Å². The molecule has 0 bridgehead atoms. The van der Waals surface area contributed by atoms with Gasteiger partial charge in [0.1, 0.15) is 0 Å². The van der Waals surface area contributed by atoms with Gasteiger partial charge in [-0.3, -0.25) is 4.72 Å². The lowest BCUT2D eigenvalue weighted by Crippen LogP contribution is -2.12. The molecule has 1 rings (SSSR count). The summed E-state index contributed by atoms with van der Waals surface area (Å²) in [5.41, 5.74) is 1.01. The second-order valence-corrected chi connectivity index (χ2v) is 3.46. The molecule has 0 aliphatic heterocycles. The zero-order valence-corrected chi connectivity index (χ0v) is 8.02. The Hall–Kier alpha value is -0.610. The third-order valence-corrected chi connectivity index (χ3v) is 2.30. The minimum Gasteiger partial charge on any atom is -0.252 e. The van der Waals surface area contributed by atoms with Gasteiger partial charge >= 0.3 is 0 Å². The molecule has 0 saturated heterocycles. The van der Waals surface area contributed by atoms with Crippen molar-refractivity contribution in [1.29, 1.82) is 0 Å². The molecule has 0 radical (unpaired) electrons. The Morgan fingerprint density at radius 2 is 1.85 bits per heavy atom. The summed E-state index contributed by atoms with van der Waals surface area (Å²) in [5, 5.41) is 0. The lowest BCUT2D eigenvalue weighted by atomic mass is 10.1. The normalized spacial score (nSPS) is 13.2. The summed E-state index contributed by atoms with van der Waals surface area (Å²) in [6.45, 7) is 1.85. The second-order valence-electron chi connectivity index (χ2n) is 2.63. The summed E-state index contributed by atoms with van der Waals surface area (Å²) in [4.78, 5) is 0. The van der Waals surface area contributed by atoms with Gasteiger partial charge in [0.25, 0.3) is 5.76 Å². The van der Waals surface area contributed by atoms with E-state index < -0.39 is 5.76 Å². The van der Waals surface area contributed by atoms with Crippen LogP contribution in [-0.2, 0) is 0 Å². The van der Waals surface area contributed by atoms with Gasteiger partial charge in [-0.25, -0.2) is 0 Å². The van der Waals surface area contributed by atoms with E-state index in [9.17, 15) is 8.78 Å². The van der Waals surface area contributed by atoms with Crippen LogP contribution < -0.4 is 4.72 Å². The first-order valence-electron chi connectivity index (χ1n) is 3.94. The highest BCUT2D eigenvalue weighted by molar-refractivity contribution is 7.97. The predicted octanol–water partition coefficient (Wildman–Crippen LogP) is 3.21. The van der Waals surface area contributed by atoms with Gasteiger partial charge in [-0.15, -0.1) is 0 Å². The van der Waals surface area contributed by atoms with Crippen LogP contribution in [0.3, 0.4) is 0 Å². The average molecular weight is 203 g/mol. The third kappa shape index (κ3) is 3.74. The molecule has 72 valence electrons. The molecule has 13 heavy (non-hydrogen) atoms. The minimum absolute atomic E-state index is 0.0554. The van der Waals surface area contributed by atoms with Crippen LogP contribution in [0.1, 0.15) is 18.5 Å². The van der Waals surface area contributed by atoms with Crippen molar-refractivity contribution in [3.63, 3.8) is 0 Å². The molecule has 1 nitrogen and oxygen atoms in total. The molecule has 4 heteroatoms. The highest BCUT2D eigenvalue weighted by atomic mass is 32.2. The van der Waals surface area contributed by atoms with Gasteiger partial charge in [-0.05, 0) is 24.4 Å². The molecule has 1 atom stereocenters. The highest BCUT2D eigenvalue weighted by Gasteiger charge is 2.07. The van der Waals surface area contributed by atoms with Crippen molar-refractivity contribution < 1.29 is 8.78 Å². The van der Waals surface area contributed by atoms with Gasteiger partial charge in [0.05, 0.1) is 0 Å². The van der Waals surface area contributed by atoms with Crippen LogP contribution >= 0.6 is 11.9 Å². The van der Waals surface area contributed by atoms with Gasteiger partial charge in [-0.1, -0.05) is 30.3 Å². The molecule has 1 aromatic carbocycles. The van der Waals surface area contributed by atoms with E-state index in [0.29, 0.717) is 11.9 Å². The van der Waals surface area contributed by atoms with Crippen LogP contribution in [0.25, 0.3) is 0 Å². The number of halogens is 2. The van der Waals surface area contributed by atoms with Gasteiger partial charge in [-0.2, -0.15) is 8.78 Å². The van der Waals surface area contributed by atoms with Gasteiger partial charge < -0.3 is 0 Å². The smallest absolute Gasteiger partial charge is 0.252 e. The summed E-state index contributed by atoms with van der Waals surface area (Å²) in [7, 11) is 0. The van der Waals surface area contributed by atoms with Crippen LogP contribution in [0, 0.1) is 0 Å². The van der Waals surface area contributed by atoms with E-state index in [1.54, 1.807) is 0 Å². The standard InChI is InChI=1S/C9H11F2NS/c1-7(12-13-9(10)11)8-5-3-2-4-6-8/h2-7,9,12H,1H3. The lowest BCUT2D eigenvalue weighted by Gasteiger charge is -2.12. The number of rotatable bonds is 4. The summed E-state index contributed by atoms with van der Waals surface area (Å²) in [6.07, 6.45) is 0. The molecule has 0 amide bonds. The molecule has 0 aliphatic rings. The zero-order valence-electron chi connectivity index (χ0n) is 7.21. The van der Waals surface area contributed by atoms with Crippen molar-refractivity contribution in [2.75, 3.05) is 0 Å². The zero-order chi connectivity index (χ0) is 9.68. The van der Waals surface area contributed by atoms with Crippen molar-refractivity contribution in [3.05, 3.63) is 35.9 Å². The summed E-state index contributed by atoms with van der Waals surface area (Å²) < 4.78 is 26.3. The minimum atomic E-state index is -2.37. The first-order valence-corrected chi connectivity index (χ1v) is 4.82. The summed E-state index contributed by atoms with van der Waals surface area (Å²) in [6, 6.07) is 9.44. The molecule has 1 aromatic rings. The Morgan fingerprint density at radius 1 is 1.23 bits per heavy atom. The van der Waals surface area contributed by atoms with Crippen molar-refractivity contribution in [3.8, 4) is 0 Å². The van der Waals surface area contributed by atoms with Crippen molar-refractivity contribution in [2.45, 2.75) is 18.7 Å². The largest absolute Gasteiger partial charge is 0.297 e. The Bertz CT molecular complexity index is 241. The molecule has 0 saturated carbocycles. The third-order valence-electron chi connectivity index (χ3n) is 1.63. The number of benzene rings is 1. The number of nitrogens with one attached hydrogen (secondary N) is 1. The van der Waals surface area contributed by atoms with Gasteiger partial charge in [0.15, 0.2) is 0 Å². The Kier molecular flexibility index (Phi) is 4.18. The maximum Gasteiger partial charge on any atom is 0.297 e. The highest BCUT2D eigenvalue weighted by Crippen LogP contribution is 2.18. The Balaban J connectivity index is 2.44. The number of hydrogen-bond donors (Lipinski definition) is 1. The van der Waals surface area contributed by atoms with E-state index in [4.69, 9.17) is 0 Å². The first kappa shape index (κ1) is 10.5. The lowest BCUT2D eigenvalue weighted by molar-refractivity contribution is 0.250. The molecule has 0 aromatic heterocycles. The number of alkyl halides is 2. The second kappa shape index (κ2) is 5.19.